The van der Waals surface area contributed by atoms with E-state index in [1.54, 1.807) is 6.92 Å². The zero-order chi connectivity index (χ0) is 10.9. The first-order valence-corrected chi connectivity index (χ1v) is 5.18. The normalized spacial score (nSPS) is 29.5. The van der Waals surface area contributed by atoms with Gasteiger partial charge in [0.1, 0.15) is 5.78 Å². The highest BCUT2D eigenvalue weighted by Crippen LogP contribution is 2.23. The lowest BCUT2D eigenvalue weighted by Crippen LogP contribution is -2.31. The minimum atomic E-state index is -0.114. The van der Waals surface area contributed by atoms with Crippen LogP contribution in [0.3, 0.4) is 0 Å². The monoisotopic (exact) mass is 199 g/mol. The fourth-order valence-corrected chi connectivity index (χ4v) is 2.01. The van der Waals surface area contributed by atoms with Gasteiger partial charge in [-0.3, -0.25) is 9.69 Å². The van der Waals surface area contributed by atoms with Crippen molar-refractivity contribution in [2.75, 3.05) is 13.6 Å². The van der Waals surface area contributed by atoms with Crippen LogP contribution in [-0.2, 0) is 9.53 Å². The second kappa shape index (κ2) is 3.99. The smallest absolute Gasteiger partial charge is 0.146 e. The highest BCUT2D eigenvalue weighted by molar-refractivity contribution is 5.81. The maximum Gasteiger partial charge on any atom is 0.146 e. The summed E-state index contributed by atoms with van der Waals surface area (Å²) in [6.45, 7) is 8.67. The number of ether oxygens (including phenoxy) is 1. The molecular weight excluding hydrogens is 178 g/mol. The second-order valence-corrected chi connectivity index (χ2v) is 5.15. The van der Waals surface area contributed by atoms with E-state index in [0.29, 0.717) is 0 Å². The second-order valence-electron chi connectivity index (χ2n) is 5.15. The number of ketones is 1. The molecule has 3 nitrogen and oxygen atoms in total. The zero-order valence-corrected chi connectivity index (χ0v) is 9.83. The van der Waals surface area contributed by atoms with Crippen molar-refractivity contribution in [1.82, 2.24) is 4.90 Å². The molecule has 0 unspecified atom stereocenters. The Morgan fingerprint density at radius 2 is 2.00 bits per heavy atom. The van der Waals surface area contributed by atoms with E-state index in [-0.39, 0.29) is 23.5 Å². The Hall–Kier alpha value is -0.410. The molecule has 1 aliphatic rings. The van der Waals surface area contributed by atoms with Crippen molar-refractivity contribution in [3.8, 4) is 0 Å². The SMILES string of the molecule is CC(=O)[C@@H]1C[C@@H](OC(C)(C)C)CN1C. The zero-order valence-electron chi connectivity index (χ0n) is 9.83. The van der Waals surface area contributed by atoms with Crippen LogP contribution in [0.2, 0.25) is 0 Å². The average molecular weight is 199 g/mol. The molecule has 14 heavy (non-hydrogen) atoms. The number of rotatable bonds is 2. The molecule has 0 saturated carbocycles. The predicted octanol–water partition coefficient (Wildman–Crippen LogP) is 1.46. The Bertz CT molecular complexity index is 220. The van der Waals surface area contributed by atoms with Gasteiger partial charge in [0.2, 0.25) is 0 Å². The average Bonchev–Trinajstić information content (AvgIpc) is 2.26. The van der Waals surface area contributed by atoms with E-state index in [0.717, 1.165) is 13.0 Å². The quantitative estimate of drug-likeness (QED) is 0.674. The first-order chi connectivity index (χ1) is 6.29. The van der Waals surface area contributed by atoms with E-state index < -0.39 is 0 Å². The Morgan fingerprint density at radius 1 is 1.43 bits per heavy atom. The standard InChI is InChI=1S/C11H21NO2/c1-8(13)10-6-9(7-12(10)5)14-11(2,3)4/h9-10H,6-7H2,1-5H3/t9-,10+/m1/s1. The number of carbonyl (C=O) groups is 1. The van der Waals surface area contributed by atoms with Gasteiger partial charge in [-0.1, -0.05) is 0 Å². The largest absolute Gasteiger partial charge is 0.371 e. The number of carbonyl (C=O) groups excluding carboxylic acids is 1. The molecule has 0 bridgehead atoms. The Kier molecular flexibility index (Phi) is 3.32. The van der Waals surface area contributed by atoms with E-state index in [2.05, 4.69) is 4.90 Å². The van der Waals surface area contributed by atoms with E-state index in [1.807, 2.05) is 27.8 Å². The fourth-order valence-electron chi connectivity index (χ4n) is 2.01. The maximum atomic E-state index is 11.3. The van der Waals surface area contributed by atoms with Crippen LogP contribution >= 0.6 is 0 Å². The van der Waals surface area contributed by atoms with Gasteiger partial charge in [0.05, 0.1) is 17.7 Å². The summed E-state index contributed by atoms with van der Waals surface area (Å²) in [5.74, 6) is 0.243. The predicted molar refractivity (Wildman–Crippen MR) is 56.3 cm³/mol. The van der Waals surface area contributed by atoms with Crippen molar-refractivity contribution in [2.45, 2.75) is 51.9 Å². The molecule has 2 atom stereocenters. The molecule has 1 heterocycles. The molecule has 0 amide bonds. The van der Waals surface area contributed by atoms with Gasteiger partial charge in [-0.05, 0) is 41.2 Å². The van der Waals surface area contributed by atoms with Gasteiger partial charge in [-0.25, -0.2) is 0 Å². The summed E-state index contributed by atoms with van der Waals surface area (Å²) >= 11 is 0. The minimum absolute atomic E-state index is 0.0577. The van der Waals surface area contributed by atoms with Gasteiger partial charge in [0, 0.05) is 6.54 Å². The third kappa shape index (κ3) is 3.07. The van der Waals surface area contributed by atoms with Crippen LogP contribution < -0.4 is 0 Å². The van der Waals surface area contributed by atoms with Crippen LogP contribution in [0.4, 0.5) is 0 Å². The highest BCUT2D eigenvalue weighted by atomic mass is 16.5. The molecule has 3 heteroatoms. The van der Waals surface area contributed by atoms with Crippen LogP contribution in [0.1, 0.15) is 34.1 Å². The summed E-state index contributed by atoms with van der Waals surface area (Å²) in [6.07, 6.45) is 1.04. The Labute approximate surface area is 86.4 Å². The number of likely N-dealkylation sites (tertiary alicyclic amines) is 1. The molecule has 82 valence electrons. The van der Waals surface area contributed by atoms with Crippen molar-refractivity contribution in [2.24, 2.45) is 0 Å². The Balaban J connectivity index is 2.51. The third-order valence-corrected chi connectivity index (χ3v) is 2.50. The summed E-state index contributed by atoms with van der Waals surface area (Å²) in [7, 11) is 1.98. The van der Waals surface area contributed by atoms with Crippen molar-refractivity contribution >= 4 is 5.78 Å². The van der Waals surface area contributed by atoms with Crippen LogP contribution in [0.5, 0.6) is 0 Å². The summed E-state index contributed by atoms with van der Waals surface area (Å²) in [4.78, 5) is 13.4. The first-order valence-electron chi connectivity index (χ1n) is 5.18. The lowest BCUT2D eigenvalue weighted by Gasteiger charge is -2.24. The minimum Gasteiger partial charge on any atom is -0.371 e. The maximum absolute atomic E-state index is 11.3. The summed E-state index contributed by atoms with van der Waals surface area (Å²) < 4.78 is 5.86. The molecule has 0 spiro atoms. The van der Waals surface area contributed by atoms with Crippen LogP contribution in [-0.4, -0.2) is 42.0 Å². The Morgan fingerprint density at radius 3 is 2.36 bits per heavy atom. The topological polar surface area (TPSA) is 29.5 Å². The molecule has 0 aromatic rings. The summed E-state index contributed by atoms with van der Waals surface area (Å²) in [6, 6.07) is 0.0577. The highest BCUT2D eigenvalue weighted by Gasteiger charge is 2.34. The molecule has 0 N–H and O–H groups in total. The van der Waals surface area contributed by atoms with Crippen molar-refractivity contribution < 1.29 is 9.53 Å². The van der Waals surface area contributed by atoms with Crippen LogP contribution in [0.25, 0.3) is 0 Å². The van der Waals surface area contributed by atoms with Crippen LogP contribution in [0.15, 0.2) is 0 Å². The number of nitrogens with zero attached hydrogens (tertiary/aromatic N) is 1. The third-order valence-electron chi connectivity index (χ3n) is 2.50. The van der Waals surface area contributed by atoms with Crippen molar-refractivity contribution in [1.29, 1.82) is 0 Å². The van der Waals surface area contributed by atoms with Crippen LogP contribution in [0, 0.1) is 0 Å². The lowest BCUT2D eigenvalue weighted by atomic mass is 10.1. The molecule has 1 fully saturated rings. The number of Topliss-reactive ketones (excluding diaryl/α,β-unsaturated/α-hetero) is 1. The molecule has 1 saturated heterocycles. The molecule has 1 rings (SSSR count). The van der Waals surface area contributed by atoms with Gasteiger partial charge >= 0.3 is 0 Å². The molecule has 0 aromatic heterocycles. The van der Waals surface area contributed by atoms with E-state index in [4.69, 9.17) is 4.74 Å². The lowest BCUT2D eigenvalue weighted by molar-refractivity contribution is -0.121. The number of likely N-dealkylation sites (N-methyl/N-ethyl adjacent to an activating group) is 1. The van der Waals surface area contributed by atoms with E-state index >= 15 is 0 Å². The molecule has 0 aliphatic carbocycles. The van der Waals surface area contributed by atoms with Gasteiger partial charge in [-0.15, -0.1) is 0 Å². The van der Waals surface area contributed by atoms with Crippen molar-refractivity contribution in [3.63, 3.8) is 0 Å². The van der Waals surface area contributed by atoms with E-state index in [9.17, 15) is 4.79 Å². The van der Waals surface area contributed by atoms with E-state index in [1.165, 1.54) is 0 Å². The summed E-state index contributed by atoms with van der Waals surface area (Å²) in [5.41, 5.74) is -0.114. The van der Waals surface area contributed by atoms with Gasteiger partial charge in [-0.2, -0.15) is 0 Å². The molecule has 0 aromatic carbocycles. The van der Waals surface area contributed by atoms with Gasteiger partial charge < -0.3 is 4.74 Å². The molecule has 0 radical (unpaired) electrons. The fraction of sp³-hybridized carbons (Fsp3) is 0.909. The van der Waals surface area contributed by atoms with Gasteiger partial charge in [0.15, 0.2) is 0 Å². The van der Waals surface area contributed by atoms with Gasteiger partial charge in [0.25, 0.3) is 0 Å². The first kappa shape index (κ1) is 11.7. The molecule has 1 aliphatic heterocycles. The molecular formula is C11H21NO2. The number of hydrogen-bond donors (Lipinski definition) is 0. The number of hydrogen-bond acceptors (Lipinski definition) is 3. The summed E-state index contributed by atoms with van der Waals surface area (Å²) in [5, 5.41) is 0. The van der Waals surface area contributed by atoms with Crippen molar-refractivity contribution in [3.05, 3.63) is 0 Å².